The lowest BCUT2D eigenvalue weighted by atomic mass is 9.93. The summed E-state index contributed by atoms with van der Waals surface area (Å²) in [6.45, 7) is 3.66. The fourth-order valence-electron chi connectivity index (χ4n) is 4.34. The summed E-state index contributed by atoms with van der Waals surface area (Å²) in [5.74, 6) is 0.356. The molecule has 136 valence electrons. The molecule has 2 aromatic carbocycles. The molecule has 0 saturated carbocycles. The fourth-order valence-corrected chi connectivity index (χ4v) is 4.34. The van der Waals surface area contributed by atoms with Crippen LogP contribution in [0.1, 0.15) is 30.4 Å². The van der Waals surface area contributed by atoms with E-state index in [9.17, 15) is 4.79 Å². The summed E-state index contributed by atoms with van der Waals surface area (Å²) >= 11 is 0. The van der Waals surface area contributed by atoms with Crippen molar-refractivity contribution >= 4 is 17.3 Å². The standard InChI is InChI=1S/C22H27N3O/c23-20-11-4-12-21-19(20)10-6-14-25(21)22(26)18-9-5-13-24(16-18)15-17-7-2-1-3-8-17/h1-4,7-8,11-12,18H,5-6,9-10,13-16,23H2. The summed E-state index contributed by atoms with van der Waals surface area (Å²) in [6.07, 6.45) is 4.03. The Bertz CT molecular complexity index is 774. The van der Waals surface area contributed by atoms with Gasteiger partial charge in [0.2, 0.25) is 5.91 Å². The van der Waals surface area contributed by atoms with E-state index in [1.807, 2.05) is 29.2 Å². The smallest absolute Gasteiger partial charge is 0.231 e. The zero-order valence-electron chi connectivity index (χ0n) is 15.2. The second-order valence-corrected chi connectivity index (χ2v) is 7.50. The predicted octanol–water partition coefficient (Wildman–Crippen LogP) is 3.46. The Balaban J connectivity index is 1.48. The number of piperidine rings is 1. The number of carbonyl (C=O) groups is 1. The van der Waals surface area contributed by atoms with Crippen LogP contribution in [-0.4, -0.2) is 30.4 Å². The first-order valence-electron chi connectivity index (χ1n) is 9.67. The lowest BCUT2D eigenvalue weighted by molar-refractivity contribution is -0.124. The number of rotatable bonds is 3. The molecule has 2 N–H and O–H groups in total. The van der Waals surface area contributed by atoms with Crippen LogP contribution in [0, 0.1) is 5.92 Å². The van der Waals surface area contributed by atoms with Crippen LogP contribution >= 0.6 is 0 Å². The van der Waals surface area contributed by atoms with Crippen molar-refractivity contribution in [3.05, 3.63) is 59.7 Å². The quantitative estimate of drug-likeness (QED) is 0.864. The van der Waals surface area contributed by atoms with Gasteiger partial charge in [0, 0.05) is 31.0 Å². The summed E-state index contributed by atoms with van der Waals surface area (Å²) in [4.78, 5) is 17.7. The number of benzene rings is 2. The highest BCUT2D eigenvalue weighted by Gasteiger charge is 2.32. The van der Waals surface area contributed by atoms with E-state index >= 15 is 0 Å². The fraction of sp³-hybridized carbons (Fsp3) is 0.409. The van der Waals surface area contributed by atoms with Gasteiger partial charge in [0.05, 0.1) is 5.92 Å². The molecule has 26 heavy (non-hydrogen) atoms. The number of nitrogens with zero attached hydrogens (tertiary/aromatic N) is 2. The van der Waals surface area contributed by atoms with Crippen LogP contribution in [0.2, 0.25) is 0 Å². The van der Waals surface area contributed by atoms with Crippen molar-refractivity contribution in [2.45, 2.75) is 32.2 Å². The zero-order chi connectivity index (χ0) is 17.9. The minimum atomic E-state index is 0.0832. The molecule has 1 fully saturated rings. The van der Waals surface area contributed by atoms with Gasteiger partial charge in [-0.25, -0.2) is 0 Å². The first-order valence-corrected chi connectivity index (χ1v) is 9.67. The van der Waals surface area contributed by atoms with Gasteiger partial charge in [0.1, 0.15) is 0 Å². The molecular weight excluding hydrogens is 322 g/mol. The summed E-state index contributed by atoms with van der Waals surface area (Å²) in [7, 11) is 0. The first kappa shape index (κ1) is 17.1. The lowest BCUT2D eigenvalue weighted by Crippen LogP contribution is -2.46. The summed E-state index contributed by atoms with van der Waals surface area (Å²) < 4.78 is 0. The van der Waals surface area contributed by atoms with Gasteiger partial charge in [-0.3, -0.25) is 9.69 Å². The number of fused-ring (bicyclic) bond motifs is 1. The Labute approximate surface area is 155 Å². The lowest BCUT2D eigenvalue weighted by Gasteiger charge is -2.37. The molecule has 1 unspecified atom stereocenters. The molecule has 4 rings (SSSR count). The number of likely N-dealkylation sites (tertiary alicyclic amines) is 1. The molecule has 2 aliphatic heterocycles. The minimum absolute atomic E-state index is 0.0832. The molecule has 1 amide bonds. The van der Waals surface area contributed by atoms with Crippen LogP contribution in [0.5, 0.6) is 0 Å². The van der Waals surface area contributed by atoms with Crippen molar-refractivity contribution in [3.8, 4) is 0 Å². The van der Waals surface area contributed by atoms with Crippen LogP contribution in [0.3, 0.4) is 0 Å². The van der Waals surface area contributed by atoms with Gasteiger partial charge >= 0.3 is 0 Å². The maximum Gasteiger partial charge on any atom is 0.231 e. The van der Waals surface area contributed by atoms with Gasteiger partial charge in [-0.15, -0.1) is 0 Å². The number of hydrogen-bond acceptors (Lipinski definition) is 3. The Morgan fingerprint density at radius 2 is 1.88 bits per heavy atom. The topological polar surface area (TPSA) is 49.6 Å². The van der Waals surface area contributed by atoms with E-state index in [0.29, 0.717) is 0 Å². The number of amides is 1. The third-order valence-electron chi connectivity index (χ3n) is 5.66. The second-order valence-electron chi connectivity index (χ2n) is 7.50. The minimum Gasteiger partial charge on any atom is -0.398 e. The first-order chi connectivity index (χ1) is 12.7. The Morgan fingerprint density at radius 3 is 2.73 bits per heavy atom. The summed E-state index contributed by atoms with van der Waals surface area (Å²) in [6, 6.07) is 16.5. The monoisotopic (exact) mass is 349 g/mol. The van der Waals surface area contributed by atoms with Gasteiger partial charge in [-0.1, -0.05) is 36.4 Å². The highest BCUT2D eigenvalue weighted by molar-refractivity contribution is 5.97. The van der Waals surface area contributed by atoms with Crippen molar-refractivity contribution in [1.29, 1.82) is 0 Å². The van der Waals surface area contributed by atoms with Crippen molar-refractivity contribution in [2.24, 2.45) is 5.92 Å². The Hall–Kier alpha value is -2.33. The van der Waals surface area contributed by atoms with Crippen LogP contribution in [-0.2, 0) is 17.8 Å². The molecule has 2 aromatic rings. The molecule has 0 spiro atoms. The van der Waals surface area contributed by atoms with E-state index < -0.39 is 0 Å². The second kappa shape index (κ2) is 7.50. The van der Waals surface area contributed by atoms with Gasteiger partial charge in [0.25, 0.3) is 0 Å². The molecule has 0 radical (unpaired) electrons. The third kappa shape index (κ3) is 3.47. The molecule has 1 atom stereocenters. The number of anilines is 2. The van der Waals surface area contributed by atoms with E-state index in [2.05, 4.69) is 29.2 Å². The van der Waals surface area contributed by atoms with Crippen molar-refractivity contribution in [2.75, 3.05) is 30.3 Å². The maximum atomic E-state index is 13.3. The molecule has 0 bridgehead atoms. The average molecular weight is 349 g/mol. The van der Waals surface area contributed by atoms with Gasteiger partial charge in [-0.2, -0.15) is 0 Å². The molecule has 4 heteroatoms. The normalized spacial score (nSPS) is 20.6. The molecule has 0 aromatic heterocycles. The molecule has 2 heterocycles. The number of nitrogens with two attached hydrogens (primary N) is 1. The van der Waals surface area contributed by atoms with E-state index in [1.165, 1.54) is 5.56 Å². The molecule has 4 nitrogen and oxygen atoms in total. The van der Waals surface area contributed by atoms with Crippen molar-refractivity contribution < 1.29 is 4.79 Å². The van der Waals surface area contributed by atoms with Crippen LogP contribution < -0.4 is 10.6 Å². The molecule has 2 aliphatic rings. The van der Waals surface area contributed by atoms with Gasteiger partial charge < -0.3 is 10.6 Å². The molecule has 1 saturated heterocycles. The van der Waals surface area contributed by atoms with Crippen molar-refractivity contribution in [1.82, 2.24) is 4.90 Å². The van der Waals surface area contributed by atoms with Gasteiger partial charge in [-0.05, 0) is 55.5 Å². The highest BCUT2D eigenvalue weighted by atomic mass is 16.2. The Kier molecular flexibility index (Phi) is 4.93. The largest absolute Gasteiger partial charge is 0.398 e. The third-order valence-corrected chi connectivity index (χ3v) is 5.66. The predicted molar refractivity (Wildman–Crippen MR) is 106 cm³/mol. The van der Waals surface area contributed by atoms with E-state index in [0.717, 1.165) is 68.8 Å². The zero-order valence-corrected chi connectivity index (χ0v) is 15.2. The van der Waals surface area contributed by atoms with Gasteiger partial charge in [0.15, 0.2) is 0 Å². The number of nitrogen functional groups attached to an aromatic ring is 1. The van der Waals surface area contributed by atoms with E-state index in [4.69, 9.17) is 5.73 Å². The molecular formula is C22H27N3O. The summed E-state index contributed by atoms with van der Waals surface area (Å²) in [5, 5.41) is 0. The Morgan fingerprint density at radius 1 is 1.04 bits per heavy atom. The van der Waals surface area contributed by atoms with Crippen molar-refractivity contribution in [3.63, 3.8) is 0 Å². The van der Waals surface area contributed by atoms with Crippen LogP contribution in [0.25, 0.3) is 0 Å². The average Bonchev–Trinajstić information content (AvgIpc) is 2.68. The number of carbonyl (C=O) groups excluding carboxylic acids is 1. The van der Waals surface area contributed by atoms with E-state index in [1.54, 1.807) is 0 Å². The molecule has 0 aliphatic carbocycles. The number of hydrogen-bond donors (Lipinski definition) is 1. The summed E-state index contributed by atoms with van der Waals surface area (Å²) in [5.41, 5.74) is 10.4. The maximum absolute atomic E-state index is 13.3. The highest BCUT2D eigenvalue weighted by Crippen LogP contribution is 2.33. The van der Waals surface area contributed by atoms with Crippen LogP contribution in [0.4, 0.5) is 11.4 Å². The SMILES string of the molecule is Nc1cccc2c1CCCN2C(=O)C1CCCN(Cc2ccccc2)C1. The van der Waals surface area contributed by atoms with Crippen LogP contribution in [0.15, 0.2) is 48.5 Å². The van der Waals surface area contributed by atoms with E-state index in [-0.39, 0.29) is 11.8 Å².